The standard InChI is InChI=1S/C20H23N3O2/c1-14(2)21-20(24)12-23-18-10-5-4-9-17(18)22-19(23)13-25-16-8-6-7-15(3)11-16/h4-11,14H,12-13H2,1-3H3,(H,21,24). The SMILES string of the molecule is Cc1cccc(OCc2nc3ccccc3n2CC(=O)NC(C)C)c1. The number of nitrogens with one attached hydrogen (secondary N) is 1. The molecular formula is C20H23N3O2. The summed E-state index contributed by atoms with van der Waals surface area (Å²) in [5, 5.41) is 2.93. The first-order chi connectivity index (χ1) is 12.0. The molecule has 2 aromatic carbocycles. The molecule has 1 amide bonds. The first-order valence-corrected chi connectivity index (χ1v) is 8.46. The summed E-state index contributed by atoms with van der Waals surface area (Å²) in [6.45, 7) is 6.47. The van der Waals surface area contributed by atoms with Gasteiger partial charge in [-0.1, -0.05) is 24.3 Å². The molecule has 0 spiro atoms. The number of imidazole rings is 1. The molecule has 5 nitrogen and oxygen atoms in total. The van der Waals surface area contributed by atoms with E-state index in [-0.39, 0.29) is 18.5 Å². The molecule has 1 heterocycles. The Hall–Kier alpha value is -2.82. The maximum Gasteiger partial charge on any atom is 0.240 e. The van der Waals surface area contributed by atoms with Gasteiger partial charge in [-0.05, 0) is 50.6 Å². The van der Waals surface area contributed by atoms with Crippen LogP contribution in [0.4, 0.5) is 0 Å². The van der Waals surface area contributed by atoms with E-state index in [9.17, 15) is 4.79 Å². The largest absolute Gasteiger partial charge is 0.486 e. The second kappa shape index (κ2) is 7.38. The minimum Gasteiger partial charge on any atom is -0.486 e. The highest BCUT2D eigenvalue weighted by atomic mass is 16.5. The number of aryl methyl sites for hydroxylation is 1. The van der Waals surface area contributed by atoms with E-state index >= 15 is 0 Å². The van der Waals surface area contributed by atoms with Crippen LogP contribution in [0.2, 0.25) is 0 Å². The maximum absolute atomic E-state index is 12.2. The van der Waals surface area contributed by atoms with E-state index in [0.29, 0.717) is 6.61 Å². The quantitative estimate of drug-likeness (QED) is 0.749. The van der Waals surface area contributed by atoms with Crippen molar-refractivity contribution in [2.45, 2.75) is 40.0 Å². The molecule has 0 bridgehead atoms. The van der Waals surface area contributed by atoms with Gasteiger partial charge >= 0.3 is 0 Å². The second-order valence-electron chi connectivity index (χ2n) is 6.43. The molecule has 0 saturated carbocycles. The number of aromatic nitrogens is 2. The third kappa shape index (κ3) is 4.18. The summed E-state index contributed by atoms with van der Waals surface area (Å²) >= 11 is 0. The lowest BCUT2D eigenvalue weighted by Gasteiger charge is -2.12. The van der Waals surface area contributed by atoms with Gasteiger partial charge in [0.15, 0.2) is 0 Å². The van der Waals surface area contributed by atoms with Crippen molar-refractivity contribution in [1.82, 2.24) is 14.9 Å². The number of para-hydroxylation sites is 2. The monoisotopic (exact) mass is 337 g/mol. The summed E-state index contributed by atoms with van der Waals surface area (Å²) in [6.07, 6.45) is 0. The third-order valence-electron chi connectivity index (χ3n) is 3.84. The Labute approximate surface area is 147 Å². The van der Waals surface area contributed by atoms with Crippen LogP contribution in [0.15, 0.2) is 48.5 Å². The van der Waals surface area contributed by atoms with Gasteiger partial charge in [-0.25, -0.2) is 4.98 Å². The first kappa shape index (κ1) is 17.0. The Morgan fingerprint density at radius 1 is 1.20 bits per heavy atom. The van der Waals surface area contributed by atoms with E-state index in [1.54, 1.807) is 0 Å². The van der Waals surface area contributed by atoms with Crippen molar-refractivity contribution < 1.29 is 9.53 Å². The van der Waals surface area contributed by atoms with E-state index in [1.807, 2.05) is 73.9 Å². The van der Waals surface area contributed by atoms with Crippen LogP contribution in [0.3, 0.4) is 0 Å². The van der Waals surface area contributed by atoms with Crippen molar-refractivity contribution in [2.75, 3.05) is 0 Å². The van der Waals surface area contributed by atoms with Crippen LogP contribution < -0.4 is 10.1 Å². The fourth-order valence-electron chi connectivity index (χ4n) is 2.78. The Morgan fingerprint density at radius 3 is 2.76 bits per heavy atom. The zero-order valence-electron chi connectivity index (χ0n) is 14.8. The molecule has 0 radical (unpaired) electrons. The van der Waals surface area contributed by atoms with Crippen molar-refractivity contribution in [3.05, 3.63) is 59.9 Å². The molecular weight excluding hydrogens is 314 g/mol. The molecule has 0 fully saturated rings. The minimum absolute atomic E-state index is 0.0324. The van der Waals surface area contributed by atoms with E-state index in [4.69, 9.17) is 4.74 Å². The van der Waals surface area contributed by atoms with Gasteiger partial charge < -0.3 is 14.6 Å². The number of carbonyl (C=O) groups is 1. The summed E-state index contributed by atoms with van der Waals surface area (Å²) < 4.78 is 7.81. The van der Waals surface area contributed by atoms with Gasteiger partial charge in [-0.2, -0.15) is 0 Å². The molecule has 0 aliphatic carbocycles. The average molecular weight is 337 g/mol. The number of rotatable bonds is 6. The number of amides is 1. The van der Waals surface area contributed by atoms with Gasteiger partial charge in [0.25, 0.3) is 0 Å². The summed E-state index contributed by atoms with van der Waals surface area (Å²) in [4.78, 5) is 16.9. The zero-order chi connectivity index (χ0) is 17.8. The van der Waals surface area contributed by atoms with Crippen molar-refractivity contribution >= 4 is 16.9 Å². The highest BCUT2D eigenvalue weighted by Gasteiger charge is 2.14. The number of carbonyl (C=O) groups excluding carboxylic acids is 1. The van der Waals surface area contributed by atoms with E-state index in [0.717, 1.165) is 28.2 Å². The number of nitrogens with zero attached hydrogens (tertiary/aromatic N) is 2. The van der Waals surface area contributed by atoms with Gasteiger partial charge in [-0.3, -0.25) is 4.79 Å². The summed E-state index contributed by atoms with van der Waals surface area (Å²) in [6, 6.07) is 15.8. The predicted octanol–water partition coefficient (Wildman–Crippen LogP) is 3.45. The van der Waals surface area contributed by atoms with Crippen LogP contribution in [-0.2, 0) is 17.9 Å². The fraction of sp³-hybridized carbons (Fsp3) is 0.300. The highest BCUT2D eigenvalue weighted by Crippen LogP contribution is 2.19. The van der Waals surface area contributed by atoms with Crippen LogP contribution in [-0.4, -0.2) is 21.5 Å². The maximum atomic E-state index is 12.2. The number of benzene rings is 2. The van der Waals surface area contributed by atoms with Crippen molar-refractivity contribution in [3.8, 4) is 5.75 Å². The van der Waals surface area contributed by atoms with Crippen molar-refractivity contribution in [2.24, 2.45) is 0 Å². The van der Waals surface area contributed by atoms with Crippen LogP contribution in [0.1, 0.15) is 25.2 Å². The molecule has 1 N–H and O–H groups in total. The molecule has 3 aromatic rings. The number of fused-ring (bicyclic) bond motifs is 1. The molecule has 0 aliphatic heterocycles. The molecule has 3 rings (SSSR count). The lowest BCUT2D eigenvalue weighted by molar-refractivity contribution is -0.122. The number of hydrogen-bond donors (Lipinski definition) is 1. The predicted molar refractivity (Wildman–Crippen MR) is 98.5 cm³/mol. The summed E-state index contributed by atoms with van der Waals surface area (Å²) in [7, 11) is 0. The molecule has 0 saturated heterocycles. The Balaban J connectivity index is 1.85. The highest BCUT2D eigenvalue weighted by molar-refractivity contribution is 5.81. The lowest BCUT2D eigenvalue weighted by atomic mass is 10.2. The number of hydrogen-bond acceptors (Lipinski definition) is 3. The van der Waals surface area contributed by atoms with Gasteiger partial charge in [0.05, 0.1) is 11.0 Å². The van der Waals surface area contributed by atoms with Crippen molar-refractivity contribution in [1.29, 1.82) is 0 Å². The zero-order valence-corrected chi connectivity index (χ0v) is 14.8. The van der Waals surface area contributed by atoms with Gasteiger partial charge in [0, 0.05) is 6.04 Å². The van der Waals surface area contributed by atoms with Gasteiger partial charge in [0.1, 0.15) is 24.7 Å². The van der Waals surface area contributed by atoms with Crippen LogP contribution >= 0.6 is 0 Å². The smallest absolute Gasteiger partial charge is 0.240 e. The molecule has 1 aromatic heterocycles. The van der Waals surface area contributed by atoms with Gasteiger partial charge in [0.2, 0.25) is 5.91 Å². The molecule has 130 valence electrons. The third-order valence-corrected chi connectivity index (χ3v) is 3.84. The van der Waals surface area contributed by atoms with E-state index in [2.05, 4.69) is 10.3 Å². The van der Waals surface area contributed by atoms with Crippen LogP contribution in [0.25, 0.3) is 11.0 Å². The second-order valence-corrected chi connectivity index (χ2v) is 6.43. The average Bonchev–Trinajstić information content (AvgIpc) is 2.90. The molecule has 5 heteroatoms. The molecule has 25 heavy (non-hydrogen) atoms. The molecule has 0 atom stereocenters. The van der Waals surface area contributed by atoms with E-state index in [1.165, 1.54) is 0 Å². The summed E-state index contributed by atoms with van der Waals surface area (Å²) in [5.41, 5.74) is 2.94. The van der Waals surface area contributed by atoms with Gasteiger partial charge in [-0.15, -0.1) is 0 Å². The lowest BCUT2D eigenvalue weighted by Crippen LogP contribution is -2.33. The van der Waals surface area contributed by atoms with Crippen LogP contribution in [0.5, 0.6) is 5.75 Å². The normalized spacial score (nSPS) is 11.0. The van der Waals surface area contributed by atoms with Crippen molar-refractivity contribution in [3.63, 3.8) is 0 Å². The molecule has 0 aliphatic rings. The summed E-state index contributed by atoms with van der Waals surface area (Å²) in [5.74, 6) is 1.50. The Morgan fingerprint density at radius 2 is 2.00 bits per heavy atom. The minimum atomic E-state index is -0.0324. The molecule has 0 unspecified atom stereocenters. The topological polar surface area (TPSA) is 56.2 Å². The number of ether oxygens (including phenoxy) is 1. The first-order valence-electron chi connectivity index (χ1n) is 8.46. The Kier molecular flexibility index (Phi) is 5.03. The Bertz CT molecular complexity index is 884. The van der Waals surface area contributed by atoms with E-state index < -0.39 is 0 Å². The van der Waals surface area contributed by atoms with Crippen LogP contribution in [0, 0.1) is 6.92 Å². The fourth-order valence-corrected chi connectivity index (χ4v) is 2.78.